The van der Waals surface area contributed by atoms with Crippen LogP contribution >= 0.6 is 0 Å². The lowest BCUT2D eigenvalue weighted by Gasteiger charge is -2.15. The van der Waals surface area contributed by atoms with Crippen molar-refractivity contribution in [1.82, 2.24) is 4.98 Å². The second kappa shape index (κ2) is 5.14. The molecular weight excluding hydrogens is 233 g/mol. The summed E-state index contributed by atoms with van der Waals surface area (Å²) >= 11 is 0. The Kier molecular flexibility index (Phi) is 3.58. The van der Waals surface area contributed by atoms with Crippen molar-refractivity contribution in [3.05, 3.63) is 59.2 Å². The molecular formula is C14H14FNO2. The van der Waals surface area contributed by atoms with Gasteiger partial charge in [0.05, 0.1) is 7.11 Å². The normalized spacial score (nSPS) is 12.2. The number of benzene rings is 1. The van der Waals surface area contributed by atoms with Gasteiger partial charge in [-0.3, -0.25) is 4.98 Å². The molecule has 94 valence electrons. The van der Waals surface area contributed by atoms with Gasteiger partial charge in [0.1, 0.15) is 6.10 Å². The lowest BCUT2D eigenvalue weighted by atomic mass is 9.98. The van der Waals surface area contributed by atoms with Crippen LogP contribution in [0.1, 0.15) is 22.8 Å². The van der Waals surface area contributed by atoms with Crippen molar-refractivity contribution in [1.29, 1.82) is 0 Å². The van der Waals surface area contributed by atoms with E-state index in [1.807, 2.05) is 6.92 Å². The van der Waals surface area contributed by atoms with E-state index >= 15 is 0 Å². The number of ether oxygens (including phenoxy) is 1. The molecule has 0 spiro atoms. The number of halogens is 1. The Labute approximate surface area is 105 Å². The molecule has 0 saturated heterocycles. The molecule has 1 heterocycles. The van der Waals surface area contributed by atoms with Crippen LogP contribution in [0.25, 0.3) is 0 Å². The van der Waals surface area contributed by atoms with Crippen molar-refractivity contribution in [3.8, 4) is 5.75 Å². The summed E-state index contributed by atoms with van der Waals surface area (Å²) in [5.74, 6) is -0.415. The van der Waals surface area contributed by atoms with Crippen LogP contribution in [-0.2, 0) is 0 Å². The molecule has 1 N–H and O–H groups in total. The van der Waals surface area contributed by atoms with Crippen LogP contribution in [0, 0.1) is 12.7 Å². The number of pyridine rings is 1. The first kappa shape index (κ1) is 12.5. The zero-order valence-electron chi connectivity index (χ0n) is 10.2. The summed E-state index contributed by atoms with van der Waals surface area (Å²) < 4.78 is 18.9. The summed E-state index contributed by atoms with van der Waals surface area (Å²) in [6, 6.07) is 6.39. The number of methoxy groups -OCH3 is 1. The van der Waals surface area contributed by atoms with Crippen LogP contribution in [-0.4, -0.2) is 17.2 Å². The van der Waals surface area contributed by atoms with Crippen molar-refractivity contribution in [2.45, 2.75) is 13.0 Å². The second-order valence-corrected chi connectivity index (χ2v) is 4.00. The van der Waals surface area contributed by atoms with E-state index in [0.717, 1.165) is 5.56 Å². The third-order valence-electron chi connectivity index (χ3n) is 2.87. The molecule has 1 unspecified atom stereocenters. The van der Waals surface area contributed by atoms with Gasteiger partial charge in [-0.2, -0.15) is 0 Å². The Morgan fingerprint density at radius 3 is 2.72 bits per heavy atom. The number of hydrogen-bond acceptors (Lipinski definition) is 3. The first-order valence-corrected chi connectivity index (χ1v) is 5.56. The van der Waals surface area contributed by atoms with E-state index in [1.165, 1.54) is 13.2 Å². The third-order valence-corrected chi connectivity index (χ3v) is 2.87. The van der Waals surface area contributed by atoms with Gasteiger partial charge in [0.15, 0.2) is 11.6 Å². The molecule has 0 bridgehead atoms. The average Bonchev–Trinajstić information content (AvgIpc) is 2.39. The van der Waals surface area contributed by atoms with Crippen molar-refractivity contribution >= 4 is 0 Å². The molecule has 3 nitrogen and oxygen atoms in total. The van der Waals surface area contributed by atoms with E-state index in [4.69, 9.17) is 4.74 Å². The topological polar surface area (TPSA) is 42.4 Å². The van der Waals surface area contributed by atoms with E-state index in [0.29, 0.717) is 5.56 Å². The second-order valence-electron chi connectivity index (χ2n) is 4.00. The zero-order chi connectivity index (χ0) is 13.1. The van der Waals surface area contributed by atoms with Crippen LogP contribution in [0.2, 0.25) is 0 Å². The minimum Gasteiger partial charge on any atom is -0.494 e. The smallest absolute Gasteiger partial charge is 0.171 e. The SMILES string of the molecule is COc1cccc(C(O)c2ccncc2C)c1F. The molecule has 0 saturated carbocycles. The molecule has 0 radical (unpaired) electrons. The lowest BCUT2D eigenvalue weighted by Crippen LogP contribution is -2.05. The van der Waals surface area contributed by atoms with Crippen LogP contribution in [0.5, 0.6) is 5.75 Å². The van der Waals surface area contributed by atoms with Crippen LogP contribution < -0.4 is 4.74 Å². The van der Waals surface area contributed by atoms with Gasteiger partial charge in [0.2, 0.25) is 0 Å². The molecule has 0 aliphatic heterocycles. The molecule has 1 aromatic heterocycles. The Morgan fingerprint density at radius 2 is 2.06 bits per heavy atom. The number of aromatic nitrogens is 1. The summed E-state index contributed by atoms with van der Waals surface area (Å²) in [4.78, 5) is 3.95. The minimum absolute atomic E-state index is 0.123. The largest absolute Gasteiger partial charge is 0.494 e. The van der Waals surface area contributed by atoms with Gasteiger partial charge in [0.25, 0.3) is 0 Å². The van der Waals surface area contributed by atoms with Gasteiger partial charge in [-0.05, 0) is 30.2 Å². The first-order chi connectivity index (χ1) is 8.65. The first-order valence-electron chi connectivity index (χ1n) is 5.56. The van der Waals surface area contributed by atoms with Crippen LogP contribution in [0.15, 0.2) is 36.7 Å². The fourth-order valence-electron chi connectivity index (χ4n) is 1.86. The van der Waals surface area contributed by atoms with E-state index in [-0.39, 0.29) is 11.3 Å². The summed E-state index contributed by atoms with van der Waals surface area (Å²) in [5.41, 5.74) is 1.65. The van der Waals surface area contributed by atoms with Crippen LogP contribution in [0.4, 0.5) is 4.39 Å². The maximum absolute atomic E-state index is 14.0. The van der Waals surface area contributed by atoms with E-state index in [1.54, 1.807) is 30.6 Å². The number of aliphatic hydroxyl groups excluding tert-OH is 1. The van der Waals surface area contributed by atoms with E-state index < -0.39 is 11.9 Å². The summed E-state index contributed by atoms with van der Waals surface area (Å²) in [6.45, 7) is 1.82. The Hall–Kier alpha value is -1.94. The van der Waals surface area contributed by atoms with Crippen molar-refractivity contribution in [2.75, 3.05) is 7.11 Å². The molecule has 2 rings (SSSR count). The Bertz CT molecular complexity index is 557. The molecule has 1 atom stereocenters. The van der Waals surface area contributed by atoms with Crippen molar-refractivity contribution in [2.24, 2.45) is 0 Å². The third kappa shape index (κ3) is 2.19. The maximum Gasteiger partial charge on any atom is 0.171 e. The predicted octanol–water partition coefficient (Wildman–Crippen LogP) is 2.62. The number of hydrogen-bond donors (Lipinski definition) is 1. The van der Waals surface area contributed by atoms with Gasteiger partial charge in [0, 0.05) is 18.0 Å². The number of aryl methyl sites for hydroxylation is 1. The number of aliphatic hydroxyl groups is 1. The highest BCUT2D eigenvalue weighted by Gasteiger charge is 2.19. The number of rotatable bonds is 3. The summed E-state index contributed by atoms with van der Waals surface area (Å²) in [6.07, 6.45) is 2.18. The summed E-state index contributed by atoms with van der Waals surface area (Å²) in [5, 5.41) is 10.3. The van der Waals surface area contributed by atoms with Crippen molar-refractivity contribution in [3.63, 3.8) is 0 Å². The van der Waals surface area contributed by atoms with Gasteiger partial charge in [-0.15, -0.1) is 0 Å². The molecule has 0 fully saturated rings. The highest BCUT2D eigenvalue weighted by atomic mass is 19.1. The van der Waals surface area contributed by atoms with E-state index in [2.05, 4.69) is 4.98 Å². The fraction of sp³-hybridized carbons (Fsp3) is 0.214. The molecule has 2 aromatic rings. The maximum atomic E-state index is 14.0. The lowest BCUT2D eigenvalue weighted by molar-refractivity contribution is 0.212. The Balaban J connectivity index is 2.47. The van der Waals surface area contributed by atoms with Crippen molar-refractivity contribution < 1.29 is 14.2 Å². The minimum atomic E-state index is -1.02. The highest BCUT2D eigenvalue weighted by molar-refractivity contribution is 5.38. The Morgan fingerprint density at radius 1 is 1.28 bits per heavy atom. The van der Waals surface area contributed by atoms with Crippen LogP contribution in [0.3, 0.4) is 0 Å². The highest BCUT2D eigenvalue weighted by Crippen LogP contribution is 2.30. The van der Waals surface area contributed by atoms with E-state index in [9.17, 15) is 9.50 Å². The molecule has 1 aromatic carbocycles. The molecule has 18 heavy (non-hydrogen) atoms. The zero-order valence-corrected chi connectivity index (χ0v) is 10.2. The quantitative estimate of drug-likeness (QED) is 0.906. The van der Waals surface area contributed by atoms with Gasteiger partial charge in [-0.1, -0.05) is 12.1 Å². The average molecular weight is 247 g/mol. The monoisotopic (exact) mass is 247 g/mol. The predicted molar refractivity (Wildman–Crippen MR) is 66.0 cm³/mol. The molecule has 0 aliphatic carbocycles. The fourth-order valence-corrected chi connectivity index (χ4v) is 1.86. The number of nitrogens with zero attached hydrogens (tertiary/aromatic N) is 1. The molecule has 0 amide bonds. The van der Waals surface area contributed by atoms with Gasteiger partial charge < -0.3 is 9.84 Å². The molecule has 0 aliphatic rings. The molecule has 4 heteroatoms. The standard InChI is InChI=1S/C14H14FNO2/c1-9-8-16-7-6-10(9)14(17)11-4-3-5-12(18-2)13(11)15/h3-8,14,17H,1-2H3. The van der Waals surface area contributed by atoms with Gasteiger partial charge in [-0.25, -0.2) is 4.39 Å². The summed E-state index contributed by atoms with van der Waals surface area (Å²) in [7, 11) is 1.40. The van der Waals surface area contributed by atoms with Gasteiger partial charge >= 0.3 is 0 Å².